The first-order chi connectivity index (χ1) is 20.5. The SMILES string of the molecule is COc1ccc(C(OC[C@H]2C[C@@H](n3cnc4c(Cl)ncnc43)[C@H](O)[C@@H]2O)(c2ccccc2)c2ccc(OC)cc2)cc1. The van der Waals surface area contributed by atoms with Crippen LogP contribution in [0.25, 0.3) is 11.2 Å². The number of aliphatic hydroxyl groups is 2. The van der Waals surface area contributed by atoms with Gasteiger partial charge in [-0.15, -0.1) is 0 Å². The second-order valence-electron chi connectivity index (χ2n) is 10.3. The molecule has 0 unspecified atom stereocenters. The molecule has 10 heteroatoms. The second-order valence-corrected chi connectivity index (χ2v) is 10.7. The molecule has 0 amide bonds. The number of aromatic nitrogens is 4. The van der Waals surface area contributed by atoms with Gasteiger partial charge in [0.25, 0.3) is 0 Å². The van der Waals surface area contributed by atoms with Crippen LogP contribution in [0.1, 0.15) is 29.2 Å². The number of rotatable bonds is 9. The molecular formula is C32H31ClN4O5. The third-order valence-electron chi connectivity index (χ3n) is 8.13. The van der Waals surface area contributed by atoms with E-state index in [2.05, 4.69) is 15.0 Å². The number of nitrogens with zero attached hydrogens (tertiary/aromatic N) is 4. The van der Waals surface area contributed by atoms with E-state index in [0.29, 0.717) is 17.6 Å². The quantitative estimate of drug-likeness (QED) is 0.187. The lowest BCUT2D eigenvalue weighted by Crippen LogP contribution is -2.37. The number of hydrogen-bond acceptors (Lipinski definition) is 8. The standard InChI is InChI=1S/C32H31ClN4O5/c1-40-24-12-8-22(9-13-24)32(21-6-4-3-5-7-21,23-10-14-25(41-2)15-11-23)42-17-20-16-26(29(39)28(20)38)37-19-36-27-30(33)34-18-35-31(27)37/h3-15,18-20,26,28-29,38-39H,16-17H2,1-2H3/t20-,26-,28-,29+/m1/s1. The van der Waals surface area contributed by atoms with E-state index in [-0.39, 0.29) is 17.7 Å². The number of halogens is 1. The van der Waals surface area contributed by atoms with Gasteiger partial charge in [0.05, 0.1) is 39.3 Å². The molecule has 6 rings (SSSR count). The van der Waals surface area contributed by atoms with Gasteiger partial charge >= 0.3 is 0 Å². The molecule has 2 N–H and O–H groups in total. The van der Waals surface area contributed by atoms with Crippen molar-refractivity contribution in [3.05, 3.63) is 113 Å². The van der Waals surface area contributed by atoms with Gasteiger partial charge in [0.1, 0.15) is 35.0 Å². The molecule has 1 aliphatic carbocycles. The Morgan fingerprint density at radius 2 is 1.40 bits per heavy atom. The van der Waals surface area contributed by atoms with Crippen LogP contribution in [0.3, 0.4) is 0 Å². The first-order valence-corrected chi connectivity index (χ1v) is 14.0. The smallest absolute Gasteiger partial charge is 0.165 e. The monoisotopic (exact) mass is 586 g/mol. The van der Waals surface area contributed by atoms with Crippen LogP contribution in [0.15, 0.2) is 91.5 Å². The summed E-state index contributed by atoms with van der Waals surface area (Å²) in [6, 6.07) is 25.0. The summed E-state index contributed by atoms with van der Waals surface area (Å²) in [7, 11) is 3.26. The molecule has 9 nitrogen and oxygen atoms in total. The average molecular weight is 587 g/mol. The van der Waals surface area contributed by atoms with Crippen molar-refractivity contribution in [2.45, 2.75) is 30.3 Å². The molecule has 2 heterocycles. The van der Waals surface area contributed by atoms with Gasteiger partial charge in [-0.25, -0.2) is 15.0 Å². The van der Waals surface area contributed by atoms with Crippen molar-refractivity contribution in [1.29, 1.82) is 0 Å². The summed E-state index contributed by atoms with van der Waals surface area (Å²) in [4.78, 5) is 12.7. The number of hydrogen-bond donors (Lipinski definition) is 2. The minimum Gasteiger partial charge on any atom is -0.497 e. The highest BCUT2D eigenvalue weighted by atomic mass is 35.5. The summed E-state index contributed by atoms with van der Waals surface area (Å²) >= 11 is 6.21. The predicted molar refractivity (Wildman–Crippen MR) is 158 cm³/mol. The highest BCUT2D eigenvalue weighted by Crippen LogP contribution is 2.44. The molecule has 2 aromatic heterocycles. The van der Waals surface area contributed by atoms with Gasteiger partial charge in [0.2, 0.25) is 0 Å². The van der Waals surface area contributed by atoms with E-state index in [1.54, 1.807) is 25.1 Å². The number of benzene rings is 3. The Labute approximate surface area is 248 Å². The van der Waals surface area contributed by atoms with Crippen LogP contribution >= 0.6 is 11.6 Å². The summed E-state index contributed by atoms with van der Waals surface area (Å²) < 4.78 is 19.6. The third kappa shape index (κ3) is 4.88. The summed E-state index contributed by atoms with van der Waals surface area (Å²) in [5.74, 6) is 1.06. The maximum absolute atomic E-state index is 11.2. The first-order valence-electron chi connectivity index (χ1n) is 13.6. The molecule has 0 bridgehead atoms. The molecular weight excluding hydrogens is 556 g/mol. The zero-order valence-electron chi connectivity index (χ0n) is 23.2. The fraction of sp³-hybridized carbons (Fsp3) is 0.281. The van der Waals surface area contributed by atoms with E-state index in [9.17, 15) is 10.2 Å². The molecule has 0 aliphatic heterocycles. The molecule has 42 heavy (non-hydrogen) atoms. The van der Waals surface area contributed by atoms with Crippen molar-refractivity contribution in [1.82, 2.24) is 19.5 Å². The highest BCUT2D eigenvalue weighted by molar-refractivity contribution is 6.33. The van der Waals surface area contributed by atoms with Crippen molar-refractivity contribution >= 4 is 22.8 Å². The number of fused-ring (bicyclic) bond motifs is 1. The summed E-state index contributed by atoms with van der Waals surface area (Å²) in [5.41, 5.74) is 2.60. The van der Waals surface area contributed by atoms with Crippen LogP contribution < -0.4 is 9.47 Å². The van der Waals surface area contributed by atoms with Crippen molar-refractivity contribution in [3.63, 3.8) is 0 Å². The van der Waals surface area contributed by atoms with Crippen molar-refractivity contribution < 1.29 is 24.4 Å². The normalized spacial score (nSPS) is 20.6. The number of imidazole rings is 1. The minimum atomic E-state index is -1.06. The van der Waals surface area contributed by atoms with Crippen molar-refractivity contribution in [2.24, 2.45) is 5.92 Å². The fourth-order valence-electron chi connectivity index (χ4n) is 5.91. The van der Waals surface area contributed by atoms with Gasteiger partial charge in [0, 0.05) is 5.92 Å². The molecule has 0 spiro atoms. The van der Waals surface area contributed by atoms with Gasteiger partial charge in [-0.1, -0.05) is 66.2 Å². The molecule has 1 aliphatic rings. The Balaban J connectivity index is 1.39. The number of methoxy groups -OCH3 is 2. The Kier molecular flexibility index (Phi) is 7.83. The van der Waals surface area contributed by atoms with Gasteiger partial charge in [-0.3, -0.25) is 0 Å². The first kappa shape index (κ1) is 28.1. The Hall–Kier alpha value is -4.02. The van der Waals surface area contributed by atoms with Crippen LogP contribution in [0, 0.1) is 5.92 Å². The highest BCUT2D eigenvalue weighted by Gasteiger charge is 2.45. The van der Waals surface area contributed by atoms with Crippen molar-refractivity contribution in [3.8, 4) is 11.5 Å². The zero-order valence-corrected chi connectivity index (χ0v) is 23.9. The summed E-state index contributed by atoms with van der Waals surface area (Å²) in [6.07, 6.45) is 1.28. The van der Waals surface area contributed by atoms with Crippen LogP contribution in [-0.4, -0.2) is 62.8 Å². The van der Waals surface area contributed by atoms with Gasteiger partial charge in [0.15, 0.2) is 10.8 Å². The molecule has 216 valence electrons. The lowest BCUT2D eigenvalue weighted by Gasteiger charge is -2.37. The molecule has 0 saturated heterocycles. The van der Waals surface area contributed by atoms with Gasteiger partial charge in [-0.2, -0.15) is 0 Å². The Morgan fingerprint density at radius 1 is 0.810 bits per heavy atom. The summed E-state index contributed by atoms with van der Waals surface area (Å²) in [6.45, 7) is 0.157. The topological polar surface area (TPSA) is 112 Å². The Morgan fingerprint density at radius 3 is 2.00 bits per heavy atom. The van der Waals surface area contributed by atoms with Gasteiger partial charge < -0.3 is 29.0 Å². The van der Waals surface area contributed by atoms with Crippen LogP contribution in [0.2, 0.25) is 5.15 Å². The largest absolute Gasteiger partial charge is 0.497 e. The second kappa shape index (κ2) is 11.7. The van der Waals surface area contributed by atoms with E-state index in [0.717, 1.165) is 28.2 Å². The molecule has 1 fully saturated rings. The van der Waals surface area contributed by atoms with Crippen LogP contribution in [0.4, 0.5) is 0 Å². The molecule has 1 saturated carbocycles. The van der Waals surface area contributed by atoms with E-state index in [1.807, 2.05) is 78.9 Å². The lowest BCUT2D eigenvalue weighted by atomic mass is 9.79. The van der Waals surface area contributed by atoms with E-state index < -0.39 is 23.9 Å². The third-order valence-corrected chi connectivity index (χ3v) is 8.41. The van der Waals surface area contributed by atoms with E-state index >= 15 is 0 Å². The zero-order chi connectivity index (χ0) is 29.3. The van der Waals surface area contributed by atoms with Crippen LogP contribution in [0.5, 0.6) is 11.5 Å². The Bertz CT molecular complexity index is 1600. The van der Waals surface area contributed by atoms with E-state index in [4.69, 9.17) is 25.8 Å². The maximum Gasteiger partial charge on any atom is 0.165 e. The molecule has 4 atom stereocenters. The lowest BCUT2D eigenvalue weighted by molar-refractivity contribution is -0.0496. The van der Waals surface area contributed by atoms with E-state index in [1.165, 1.54) is 6.33 Å². The molecule has 3 aromatic carbocycles. The average Bonchev–Trinajstić information content (AvgIpc) is 3.59. The maximum atomic E-state index is 11.2. The minimum absolute atomic E-state index is 0.157. The number of ether oxygens (including phenoxy) is 3. The van der Waals surface area contributed by atoms with Gasteiger partial charge in [-0.05, 0) is 47.4 Å². The number of aliphatic hydroxyl groups excluding tert-OH is 2. The predicted octanol–water partition coefficient (Wildman–Crippen LogP) is 4.79. The molecule has 0 radical (unpaired) electrons. The molecule has 5 aromatic rings. The summed E-state index contributed by atoms with van der Waals surface area (Å²) in [5, 5.41) is 22.6. The fourth-order valence-corrected chi connectivity index (χ4v) is 6.09. The van der Waals surface area contributed by atoms with Crippen LogP contribution in [-0.2, 0) is 10.3 Å². The van der Waals surface area contributed by atoms with Crippen molar-refractivity contribution in [2.75, 3.05) is 20.8 Å².